The summed E-state index contributed by atoms with van der Waals surface area (Å²) in [6.07, 6.45) is 3.20. The van der Waals surface area contributed by atoms with Gasteiger partial charge in [0.1, 0.15) is 5.75 Å². The van der Waals surface area contributed by atoms with Gasteiger partial charge in [0.15, 0.2) is 12.2 Å². The zero-order chi connectivity index (χ0) is 20.5. The highest BCUT2D eigenvalue weighted by atomic mass is 32.2. The van der Waals surface area contributed by atoms with Crippen LogP contribution in [0.3, 0.4) is 0 Å². The predicted octanol–water partition coefficient (Wildman–Crippen LogP) is 3.45. The van der Waals surface area contributed by atoms with E-state index < -0.39 is 5.97 Å². The van der Waals surface area contributed by atoms with E-state index in [0.29, 0.717) is 23.6 Å². The number of carbonyl (C=O) groups is 1. The molecule has 0 saturated carbocycles. The molecular weight excluding hydrogens is 390 g/mol. The second-order valence-electron chi connectivity index (χ2n) is 6.46. The third-order valence-corrected chi connectivity index (χ3v) is 5.17. The Balaban J connectivity index is 1.43. The van der Waals surface area contributed by atoms with Crippen LogP contribution in [-0.2, 0) is 9.47 Å². The fraction of sp³-hybridized carbons (Fsp3) is 0.333. The van der Waals surface area contributed by atoms with Crippen molar-refractivity contribution in [3.63, 3.8) is 0 Å². The summed E-state index contributed by atoms with van der Waals surface area (Å²) in [6, 6.07) is 13.9. The normalized spacial score (nSPS) is 16.2. The molecule has 1 saturated heterocycles. The number of nitrogens with zero attached hydrogens (tertiary/aromatic N) is 1. The molecule has 0 radical (unpaired) electrons. The Morgan fingerprint density at radius 3 is 2.52 bits per heavy atom. The monoisotopic (exact) mass is 415 g/mol. The number of aliphatic imine (C=N–C) groups is 1. The van der Waals surface area contributed by atoms with Gasteiger partial charge in [-0.2, -0.15) is 0 Å². The molecule has 29 heavy (non-hydrogen) atoms. The third kappa shape index (κ3) is 7.08. The SMILES string of the molecule is NC(N)=Nc1ccc(C(=O)Oc2ccc(SCCOC3CCCCO3)cc2)cc1. The second-order valence-corrected chi connectivity index (χ2v) is 7.63. The van der Waals surface area contributed by atoms with Gasteiger partial charge in [0.05, 0.1) is 17.9 Å². The van der Waals surface area contributed by atoms with Gasteiger partial charge in [-0.05, 0) is 67.8 Å². The molecule has 1 unspecified atom stereocenters. The number of nitrogens with two attached hydrogens (primary N) is 2. The lowest BCUT2D eigenvalue weighted by molar-refractivity contribution is -0.158. The van der Waals surface area contributed by atoms with E-state index in [4.69, 9.17) is 25.7 Å². The quantitative estimate of drug-likeness (QED) is 0.170. The zero-order valence-corrected chi connectivity index (χ0v) is 16.9. The Labute approximate surface area is 174 Å². The van der Waals surface area contributed by atoms with Crippen molar-refractivity contribution < 1.29 is 19.0 Å². The van der Waals surface area contributed by atoms with Gasteiger partial charge in [-0.3, -0.25) is 0 Å². The van der Waals surface area contributed by atoms with E-state index in [1.54, 1.807) is 48.2 Å². The number of esters is 1. The summed E-state index contributed by atoms with van der Waals surface area (Å²) in [7, 11) is 0. The van der Waals surface area contributed by atoms with Crippen LogP contribution < -0.4 is 16.2 Å². The Bertz CT molecular complexity index is 815. The van der Waals surface area contributed by atoms with Gasteiger partial charge >= 0.3 is 5.97 Å². The topological polar surface area (TPSA) is 109 Å². The molecule has 2 aromatic carbocycles. The molecule has 4 N–H and O–H groups in total. The molecule has 1 heterocycles. The Morgan fingerprint density at radius 2 is 1.86 bits per heavy atom. The molecular formula is C21H25N3O4S. The van der Waals surface area contributed by atoms with Crippen molar-refractivity contribution in [2.75, 3.05) is 19.0 Å². The van der Waals surface area contributed by atoms with Crippen LogP contribution in [0.25, 0.3) is 0 Å². The van der Waals surface area contributed by atoms with Gasteiger partial charge in [-0.15, -0.1) is 11.8 Å². The molecule has 8 heteroatoms. The Kier molecular flexibility index (Phi) is 7.92. The summed E-state index contributed by atoms with van der Waals surface area (Å²) in [4.78, 5) is 17.2. The average molecular weight is 416 g/mol. The van der Waals surface area contributed by atoms with Crippen LogP contribution in [-0.4, -0.2) is 37.2 Å². The van der Waals surface area contributed by atoms with Crippen molar-refractivity contribution in [1.82, 2.24) is 0 Å². The molecule has 154 valence electrons. The van der Waals surface area contributed by atoms with E-state index in [1.165, 1.54) is 6.42 Å². The standard InChI is InChI=1S/C21H25N3O4S/c22-21(23)24-16-6-4-15(5-7-16)20(25)28-17-8-10-18(11-9-17)29-14-13-27-19-3-1-2-12-26-19/h4-11,19H,1-3,12-14H2,(H4,22,23,24). The molecule has 2 aromatic rings. The van der Waals surface area contributed by atoms with E-state index in [9.17, 15) is 4.79 Å². The van der Waals surface area contributed by atoms with E-state index in [2.05, 4.69) is 4.99 Å². The van der Waals surface area contributed by atoms with Crippen LogP contribution >= 0.6 is 11.8 Å². The molecule has 1 atom stereocenters. The van der Waals surface area contributed by atoms with Gasteiger partial charge in [0.2, 0.25) is 0 Å². The minimum absolute atomic E-state index is 0.0350. The van der Waals surface area contributed by atoms with Crippen LogP contribution in [0, 0.1) is 0 Å². The molecule has 0 amide bonds. The molecule has 3 rings (SSSR count). The fourth-order valence-electron chi connectivity index (χ4n) is 2.77. The van der Waals surface area contributed by atoms with Crippen LogP contribution in [0.2, 0.25) is 0 Å². The van der Waals surface area contributed by atoms with E-state index in [1.807, 2.05) is 12.1 Å². The number of benzene rings is 2. The van der Waals surface area contributed by atoms with Crippen molar-refractivity contribution in [2.24, 2.45) is 16.5 Å². The van der Waals surface area contributed by atoms with Crippen molar-refractivity contribution >= 4 is 29.4 Å². The van der Waals surface area contributed by atoms with Crippen LogP contribution in [0.1, 0.15) is 29.6 Å². The van der Waals surface area contributed by atoms with Crippen molar-refractivity contribution in [3.05, 3.63) is 54.1 Å². The second kappa shape index (κ2) is 10.8. The van der Waals surface area contributed by atoms with Crippen LogP contribution in [0.15, 0.2) is 58.4 Å². The summed E-state index contributed by atoms with van der Waals surface area (Å²) in [5, 5.41) is 0. The zero-order valence-electron chi connectivity index (χ0n) is 16.1. The molecule has 1 aliphatic rings. The molecule has 0 spiro atoms. The van der Waals surface area contributed by atoms with Gasteiger partial charge in [0.25, 0.3) is 0 Å². The summed E-state index contributed by atoms with van der Waals surface area (Å²) in [6.45, 7) is 1.43. The number of hydrogen-bond donors (Lipinski definition) is 2. The number of rotatable bonds is 8. The first-order valence-corrected chi connectivity index (χ1v) is 10.5. The molecule has 0 bridgehead atoms. The van der Waals surface area contributed by atoms with E-state index >= 15 is 0 Å². The molecule has 1 fully saturated rings. The van der Waals surface area contributed by atoms with E-state index in [-0.39, 0.29) is 12.2 Å². The van der Waals surface area contributed by atoms with Gasteiger partial charge in [-0.1, -0.05) is 0 Å². The number of carbonyl (C=O) groups excluding carboxylic acids is 1. The smallest absolute Gasteiger partial charge is 0.343 e. The van der Waals surface area contributed by atoms with Crippen molar-refractivity contribution in [1.29, 1.82) is 0 Å². The first kappa shape index (κ1) is 21.2. The first-order chi connectivity index (χ1) is 14.1. The van der Waals surface area contributed by atoms with Gasteiger partial charge in [-0.25, -0.2) is 9.79 Å². The van der Waals surface area contributed by atoms with Crippen molar-refractivity contribution in [2.45, 2.75) is 30.4 Å². The average Bonchev–Trinajstić information content (AvgIpc) is 2.73. The molecule has 1 aliphatic heterocycles. The highest BCUT2D eigenvalue weighted by molar-refractivity contribution is 7.99. The maximum atomic E-state index is 12.3. The predicted molar refractivity (Wildman–Crippen MR) is 114 cm³/mol. The van der Waals surface area contributed by atoms with Crippen LogP contribution in [0.5, 0.6) is 5.75 Å². The minimum atomic E-state index is -0.442. The number of ether oxygens (including phenoxy) is 3. The summed E-state index contributed by atoms with van der Waals surface area (Å²) < 4.78 is 16.7. The Hall–Kier alpha value is -2.55. The highest BCUT2D eigenvalue weighted by Crippen LogP contribution is 2.23. The summed E-state index contributed by atoms with van der Waals surface area (Å²) >= 11 is 1.69. The molecule has 0 aliphatic carbocycles. The minimum Gasteiger partial charge on any atom is -0.423 e. The van der Waals surface area contributed by atoms with Gasteiger partial charge in [0, 0.05) is 17.3 Å². The van der Waals surface area contributed by atoms with Crippen LogP contribution in [0.4, 0.5) is 5.69 Å². The Morgan fingerprint density at radius 1 is 1.10 bits per heavy atom. The number of guanidine groups is 1. The largest absolute Gasteiger partial charge is 0.423 e. The maximum Gasteiger partial charge on any atom is 0.343 e. The lowest BCUT2D eigenvalue weighted by Crippen LogP contribution is -2.23. The first-order valence-electron chi connectivity index (χ1n) is 9.48. The van der Waals surface area contributed by atoms with Crippen molar-refractivity contribution in [3.8, 4) is 5.75 Å². The highest BCUT2D eigenvalue weighted by Gasteiger charge is 2.13. The fourth-order valence-corrected chi connectivity index (χ4v) is 3.52. The third-order valence-electron chi connectivity index (χ3n) is 4.19. The van der Waals surface area contributed by atoms with Gasteiger partial charge < -0.3 is 25.7 Å². The molecule has 7 nitrogen and oxygen atoms in total. The number of hydrogen-bond acceptors (Lipinski definition) is 6. The summed E-state index contributed by atoms with van der Waals surface area (Å²) in [5.74, 6) is 0.843. The lowest BCUT2D eigenvalue weighted by atomic mass is 10.2. The van der Waals surface area contributed by atoms with E-state index in [0.717, 1.165) is 30.1 Å². The number of thioether (sulfide) groups is 1. The summed E-state index contributed by atoms with van der Waals surface area (Å²) in [5.41, 5.74) is 11.6. The maximum absolute atomic E-state index is 12.3. The lowest BCUT2D eigenvalue weighted by Gasteiger charge is -2.22. The molecule has 0 aromatic heterocycles.